The van der Waals surface area contributed by atoms with Crippen molar-refractivity contribution in [1.82, 2.24) is 0 Å². The van der Waals surface area contributed by atoms with Crippen LogP contribution in [0.15, 0.2) is 0 Å². The van der Waals surface area contributed by atoms with Gasteiger partial charge in [0.1, 0.15) is 19.3 Å². The van der Waals surface area contributed by atoms with E-state index in [1.54, 1.807) is 0 Å². The van der Waals surface area contributed by atoms with Crippen LogP contribution in [-0.2, 0) is 65.4 Å². The molecule has 0 saturated carbocycles. The maximum atomic E-state index is 13.1. The smallest absolute Gasteiger partial charge is 0.462 e. The lowest BCUT2D eigenvalue weighted by Gasteiger charge is -2.21. The summed E-state index contributed by atoms with van der Waals surface area (Å²) in [6.07, 6.45) is 62.5. The fourth-order valence-electron chi connectivity index (χ4n) is 12.5. The third-order valence-corrected chi connectivity index (χ3v) is 20.9. The third kappa shape index (κ3) is 74.3. The van der Waals surface area contributed by atoms with Crippen molar-refractivity contribution in [1.29, 1.82) is 0 Å². The van der Waals surface area contributed by atoms with Crippen LogP contribution in [-0.4, -0.2) is 96.7 Å². The number of phosphoric acid groups is 2. The molecule has 17 nitrogen and oxygen atoms in total. The fourth-order valence-corrected chi connectivity index (χ4v) is 14.1. The molecule has 0 saturated heterocycles. The molecule has 0 bridgehead atoms. The van der Waals surface area contributed by atoms with E-state index >= 15 is 0 Å². The second kappa shape index (κ2) is 72.6. The molecule has 0 amide bonds. The maximum Gasteiger partial charge on any atom is 0.472 e. The second-order valence-electron chi connectivity index (χ2n) is 30.1. The largest absolute Gasteiger partial charge is 0.472 e. The van der Waals surface area contributed by atoms with Crippen molar-refractivity contribution in [3.05, 3.63) is 0 Å². The van der Waals surface area contributed by atoms with E-state index in [2.05, 4.69) is 41.5 Å². The molecule has 19 heteroatoms. The van der Waals surface area contributed by atoms with Crippen LogP contribution in [0, 0.1) is 11.8 Å². The molecule has 3 N–H and O–H groups in total. The standard InChI is InChI=1S/C81H158O17P2/c1-7-9-11-13-15-17-18-19-20-21-22-23-24-25-28-35-41-47-53-59-65-80(85)98-77(70-92-79(84)64-58-52-46-40-34-29-26-27-32-38-43-49-55-61-73(3)4)72-96-100(89,90)94-68-75(82)67-93-99(87,88)95-71-76(69-91-78(83)63-57-51-45-37-16-14-12-10-8-2)97-81(86)66-60-54-48-42-36-31-30-33-39-44-50-56-62-74(5)6/h73-77,82H,7-72H2,1-6H3,(H,87,88)(H,89,90)/t75-,76+,77+/m0/s1. The molecule has 0 aliphatic carbocycles. The number of esters is 4. The van der Waals surface area contributed by atoms with Gasteiger partial charge in [-0.3, -0.25) is 37.3 Å². The predicted molar refractivity (Wildman–Crippen MR) is 409 cm³/mol. The van der Waals surface area contributed by atoms with Gasteiger partial charge in [-0.25, -0.2) is 9.13 Å². The van der Waals surface area contributed by atoms with Crippen LogP contribution >= 0.6 is 15.6 Å². The van der Waals surface area contributed by atoms with Gasteiger partial charge in [-0.05, 0) is 37.5 Å². The lowest BCUT2D eigenvalue weighted by molar-refractivity contribution is -0.161. The molecule has 0 aliphatic heterocycles. The van der Waals surface area contributed by atoms with Gasteiger partial charge in [-0.1, -0.05) is 375 Å². The molecule has 0 heterocycles. The molecule has 0 aliphatic rings. The van der Waals surface area contributed by atoms with Gasteiger partial charge in [0.25, 0.3) is 0 Å². The minimum absolute atomic E-state index is 0.107. The molecule has 0 radical (unpaired) electrons. The SMILES string of the molecule is CCCCCCCCCCCCCCCCCCCCCCC(=O)O[C@H](COC(=O)CCCCCCCCCCCCCCCC(C)C)COP(=O)(O)OC[C@@H](O)COP(=O)(O)OC[C@@H](COC(=O)CCCCCCCCCCC)OC(=O)CCCCCCCCCCCCCCC(C)C. The van der Waals surface area contributed by atoms with Gasteiger partial charge < -0.3 is 33.8 Å². The first-order valence-electron chi connectivity index (χ1n) is 42.0. The summed E-state index contributed by atoms with van der Waals surface area (Å²) in [4.78, 5) is 73.0. The van der Waals surface area contributed by atoms with Crippen LogP contribution in [0.3, 0.4) is 0 Å². The first kappa shape index (κ1) is 98.1. The Morgan fingerprint density at radius 3 is 0.680 bits per heavy atom. The van der Waals surface area contributed by atoms with Gasteiger partial charge in [0, 0.05) is 25.7 Å². The molecule has 0 aromatic rings. The Labute approximate surface area is 613 Å². The number of rotatable bonds is 80. The highest BCUT2D eigenvalue weighted by Crippen LogP contribution is 2.45. The summed E-state index contributed by atoms with van der Waals surface area (Å²) in [6, 6.07) is 0. The van der Waals surface area contributed by atoms with Crippen molar-refractivity contribution in [2.24, 2.45) is 11.8 Å². The highest BCUT2D eigenvalue weighted by Gasteiger charge is 2.30. The molecule has 2 unspecified atom stereocenters. The van der Waals surface area contributed by atoms with Crippen molar-refractivity contribution >= 4 is 39.5 Å². The van der Waals surface area contributed by atoms with Gasteiger partial charge in [0.05, 0.1) is 26.4 Å². The van der Waals surface area contributed by atoms with Crippen molar-refractivity contribution in [2.45, 2.75) is 445 Å². The van der Waals surface area contributed by atoms with Crippen LogP contribution in [0.4, 0.5) is 0 Å². The summed E-state index contributed by atoms with van der Waals surface area (Å²) in [5.74, 6) is -0.541. The zero-order valence-electron chi connectivity index (χ0n) is 65.5. The summed E-state index contributed by atoms with van der Waals surface area (Å²) in [5.41, 5.74) is 0. The molecule has 0 rings (SSSR count). The molecule has 0 aromatic heterocycles. The van der Waals surface area contributed by atoms with Gasteiger partial charge in [0.2, 0.25) is 0 Å². The normalized spacial score (nSPS) is 13.9. The van der Waals surface area contributed by atoms with Gasteiger partial charge in [-0.2, -0.15) is 0 Å². The molecule has 594 valence electrons. The van der Waals surface area contributed by atoms with E-state index < -0.39 is 97.5 Å². The lowest BCUT2D eigenvalue weighted by Crippen LogP contribution is -2.30. The quantitative estimate of drug-likeness (QED) is 0.0222. The van der Waals surface area contributed by atoms with Crippen molar-refractivity contribution < 1.29 is 80.2 Å². The fraction of sp³-hybridized carbons (Fsp3) is 0.951. The van der Waals surface area contributed by atoms with E-state index in [4.69, 9.17) is 37.0 Å². The van der Waals surface area contributed by atoms with Gasteiger partial charge >= 0.3 is 39.5 Å². The van der Waals surface area contributed by atoms with Crippen LogP contribution < -0.4 is 0 Å². The highest BCUT2D eigenvalue weighted by atomic mass is 31.2. The Morgan fingerprint density at radius 2 is 0.460 bits per heavy atom. The van der Waals surface area contributed by atoms with Crippen LogP contribution in [0.5, 0.6) is 0 Å². The Balaban J connectivity index is 5.22. The van der Waals surface area contributed by atoms with E-state index in [9.17, 15) is 43.2 Å². The van der Waals surface area contributed by atoms with E-state index in [1.807, 2.05) is 0 Å². The molecule has 5 atom stereocenters. The number of phosphoric ester groups is 2. The molecule has 0 fully saturated rings. The number of carbonyl (C=O) groups excluding carboxylic acids is 4. The van der Waals surface area contributed by atoms with Crippen LogP contribution in [0.25, 0.3) is 0 Å². The number of aliphatic hydroxyl groups is 1. The number of aliphatic hydroxyl groups excluding tert-OH is 1. The maximum absolute atomic E-state index is 13.1. The van der Waals surface area contributed by atoms with Crippen molar-refractivity contribution in [3.8, 4) is 0 Å². The monoisotopic (exact) mass is 1470 g/mol. The third-order valence-electron chi connectivity index (χ3n) is 19.0. The molecule has 0 spiro atoms. The number of carbonyl (C=O) groups is 4. The van der Waals surface area contributed by atoms with Crippen LogP contribution in [0.1, 0.15) is 427 Å². The van der Waals surface area contributed by atoms with E-state index in [-0.39, 0.29) is 25.7 Å². The van der Waals surface area contributed by atoms with Gasteiger partial charge in [-0.15, -0.1) is 0 Å². The molecule has 100 heavy (non-hydrogen) atoms. The minimum atomic E-state index is -4.96. The Morgan fingerprint density at radius 1 is 0.270 bits per heavy atom. The zero-order valence-corrected chi connectivity index (χ0v) is 67.3. The predicted octanol–water partition coefficient (Wildman–Crippen LogP) is 24.3. The minimum Gasteiger partial charge on any atom is -0.462 e. The topological polar surface area (TPSA) is 237 Å². The average Bonchev–Trinajstić information content (AvgIpc) is 0.982. The summed E-state index contributed by atoms with van der Waals surface area (Å²) < 4.78 is 68.7. The van der Waals surface area contributed by atoms with E-state index in [0.29, 0.717) is 25.7 Å². The number of ether oxygens (including phenoxy) is 4. The molecule has 0 aromatic carbocycles. The first-order valence-corrected chi connectivity index (χ1v) is 45.0. The van der Waals surface area contributed by atoms with Crippen molar-refractivity contribution in [2.75, 3.05) is 39.6 Å². The molecular weight excluding hydrogens is 1310 g/mol. The molecular formula is C81H158O17P2. The summed E-state index contributed by atoms with van der Waals surface area (Å²) in [7, 11) is -9.92. The van der Waals surface area contributed by atoms with Crippen LogP contribution in [0.2, 0.25) is 0 Å². The van der Waals surface area contributed by atoms with Gasteiger partial charge in [0.15, 0.2) is 12.2 Å². The summed E-state index contributed by atoms with van der Waals surface area (Å²) in [6.45, 7) is 9.65. The Kier molecular flexibility index (Phi) is 71.2. The van der Waals surface area contributed by atoms with Crippen molar-refractivity contribution in [3.63, 3.8) is 0 Å². The number of hydrogen-bond donors (Lipinski definition) is 3. The number of unbranched alkanes of at least 4 members (excludes halogenated alkanes) is 50. The number of hydrogen-bond acceptors (Lipinski definition) is 15. The van der Waals surface area contributed by atoms with E-state index in [1.165, 1.54) is 244 Å². The lowest BCUT2D eigenvalue weighted by atomic mass is 10.0. The Hall–Kier alpha value is -1.94. The summed E-state index contributed by atoms with van der Waals surface area (Å²) >= 11 is 0. The highest BCUT2D eigenvalue weighted by molar-refractivity contribution is 7.47. The van der Waals surface area contributed by atoms with E-state index in [0.717, 1.165) is 102 Å². The zero-order chi connectivity index (χ0) is 73.5. The second-order valence-corrected chi connectivity index (χ2v) is 33.0. The first-order chi connectivity index (χ1) is 48.4. The Bertz CT molecular complexity index is 1920. The average molecular weight is 1470 g/mol. The summed E-state index contributed by atoms with van der Waals surface area (Å²) in [5, 5.41) is 10.6.